The predicted octanol–water partition coefficient (Wildman–Crippen LogP) is 1.53. The maximum Gasteiger partial charge on any atom is 0.254 e. The highest BCUT2D eigenvalue weighted by molar-refractivity contribution is 5.95. The van der Waals surface area contributed by atoms with Gasteiger partial charge in [-0.15, -0.1) is 0 Å². The second-order valence-corrected chi connectivity index (χ2v) is 4.76. The number of carbonyl (C=O) groups excluding carboxylic acids is 1. The fraction of sp³-hybridized carbons (Fsp3) is 0.533. The molecule has 20 heavy (non-hydrogen) atoms. The van der Waals surface area contributed by atoms with Crippen molar-refractivity contribution in [3.63, 3.8) is 0 Å². The van der Waals surface area contributed by atoms with E-state index >= 15 is 0 Å². The maximum absolute atomic E-state index is 12.4. The highest BCUT2D eigenvalue weighted by Gasteiger charge is 2.19. The molecule has 1 aliphatic heterocycles. The van der Waals surface area contributed by atoms with Gasteiger partial charge in [-0.25, -0.2) is 0 Å². The smallest absolute Gasteiger partial charge is 0.254 e. The van der Waals surface area contributed by atoms with Crippen molar-refractivity contribution in [3.05, 3.63) is 23.8 Å². The van der Waals surface area contributed by atoms with Crippen LogP contribution in [0.4, 0.5) is 0 Å². The van der Waals surface area contributed by atoms with Gasteiger partial charge in [-0.3, -0.25) is 4.79 Å². The number of ether oxygens (including phenoxy) is 2. The zero-order valence-corrected chi connectivity index (χ0v) is 12.1. The Kier molecular flexibility index (Phi) is 5.24. The normalized spacial score (nSPS) is 15.0. The second-order valence-electron chi connectivity index (χ2n) is 4.76. The first-order valence-corrected chi connectivity index (χ1v) is 7.07. The largest absolute Gasteiger partial charge is 0.493 e. The lowest BCUT2D eigenvalue weighted by molar-refractivity contribution is 0.0735. The lowest BCUT2D eigenvalue weighted by atomic mass is 10.1. The Bertz CT molecular complexity index is 456. The molecule has 1 saturated heterocycles. The summed E-state index contributed by atoms with van der Waals surface area (Å²) in [6.45, 7) is 5.85. The standard InChI is InChI=1S/C15H22N2O3/c1-3-10-20-14-11-12(4-5-13(14)19-2)15(18)17-8-6-16-7-9-17/h4-5,11,16H,3,6-10H2,1-2H3. The van der Waals surface area contributed by atoms with Crippen LogP contribution >= 0.6 is 0 Å². The lowest BCUT2D eigenvalue weighted by Crippen LogP contribution is -2.46. The van der Waals surface area contributed by atoms with Gasteiger partial charge in [-0.1, -0.05) is 6.92 Å². The van der Waals surface area contributed by atoms with Crippen molar-refractivity contribution >= 4 is 5.91 Å². The Morgan fingerprint density at radius 1 is 1.30 bits per heavy atom. The van der Waals surface area contributed by atoms with Crippen molar-refractivity contribution in [2.75, 3.05) is 39.9 Å². The predicted molar refractivity (Wildman–Crippen MR) is 77.6 cm³/mol. The summed E-state index contributed by atoms with van der Waals surface area (Å²) in [5, 5.41) is 3.24. The van der Waals surface area contributed by atoms with E-state index in [2.05, 4.69) is 5.32 Å². The van der Waals surface area contributed by atoms with E-state index in [-0.39, 0.29) is 5.91 Å². The van der Waals surface area contributed by atoms with E-state index < -0.39 is 0 Å². The molecule has 0 unspecified atom stereocenters. The highest BCUT2D eigenvalue weighted by atomic mass is 16.5. The molecular weight excluding hydrogens is 256 g/mol. The Labute approximate surface area is 119 Å². The van der Waals surface area contributed by atoms with Crippen molar-refractivity contribution in [3.8, 4) is 11.5 Å². The van der Waals surface area contributed by atoms with Crippen LogP contribution in [0.15, 0.2) is 18.2 Å². The average Bonchev–Trinajstić information content (AvgIpc) is 2.52. The van der Waals surface area contributed by atoms with Gasteiger partial charge in [0.2, 0.25) is 0 Å². The number of piperazine rings is 1. The molecule has 0 radical (unpaired) electrons. The maximum atomic E-state index is 12.4. The number of benzene rings is 1. The molecule has 0 saturated carbocycles. The molecule has 1 aromatic carbocycles. The van der Waals surface area contributed by atoms with Gasteiger partial charge >= 0.3 is 0 Å². The third-order valence-electron chi connectivity index (χ3n) is 3.28. The van der Waals surface area contributed by atoms with Gasteiger partial charge in [0.15, 0.2) is 11.5 Å². The zero-order valence-electron chi connectivity index (χ0n) is 12.1. The van der Waals surface area contributed by atoms with Gasteiger partial charge in [0, 0.05) is 31.7 Å². The molecule has 2 rings (SSSR count). The van der Waals surface area contributed by atoms with E-state index in [1.807, 2.05) is 11.8 Å². The minimum atomic E-state index is 0.0514. The van der Waals surface area contributed by atoms with Crippen molar-refractivity contribution in [1.82, 2.24) is 10.2 Å². The summed E-state index contributed by atoms with van der Waals surface area (Å²) in [6.07, 6.45) is 0.916. The van der Waals surface area contributed by atoms with Crippen molar-refractivity contribution in [2.45, 2.75) is 13.3 Å². The number of carbonyl (C=O) groups is 1. The number of nitrogens with one attached hydrogen (secondary N) is 1. The lowest BCUT2D eigenvalue weighted by Gasteiger charge is -2.27. The summed E-state index contributed by atoms with van der Waals surface area (Å²) >= 11 is 0. The fourth-order valence-electron chi connectivity index (χ4n) is 2.19. The third kappa shape index (κ3) is 3.42. The van der Waals surface area contributed by atoms with Crippen LogP contribution in [0.3, 0.4) is 0 Å². The molecule has 5 nitrogen and oxygen atoms in total. The number of nitrogens with zero attached hydrogens (tertiary/aromatic N) is 1. The minimum Gasteiger partial charge on any atom is -0.493 e. The fourth-order valence-corrected chi connectivity index (χ4v) is 2.19. The van der Waals surface area contributed by atoms with Crippen LogP contribution in [0.1, 0.15) is 23.7 Å². The summed E-state index contributed by atoms with van der Waals surface area (Å²) in [5.41, 5.74) is 0.652. The Balaban J connectivity index is 2.16. The molecule has 0 aromatic heterocycles. The molecule has 110 valence electrons. The molecular formula is C15H22N2O3. The summed E-state index contributed by atoms with van der Waals surface area (Å²) in [6, 6.07) is 5.36. The number of amides is 1. The van der Waals surface area contributed by atoms with Crippen LogP contribution in [0.25, 0.3) is 0 Å². The Morgan fingerprint density at radius 3 is 2.70 bits per heavy atom. The summed E-state index contributed by atoms with van der Waals surface area (Å²) < 4.78 is 10.9. The first kappa shape index (κ1) is 14.7. The van der Waals surface area contributed by atoms with E-state index in [0.717, 1.165) is 32.6 Å². The summed E-state index contributed by atoms with van der Waals surface area (Å²) in [4.78, 5) is 14.3. The molecule has 1 heterocycles. The molecule has 5 heteroatoms. The highest BCUT2D eigenvalue weighted by Crippen LogP contribution is 2.28. The number of hydrogen-bond donors (Lipinski definition) is 1. The minimum absolute atomic E-state index is 0.0514. The SMILES string of the molecule is CCCOc1cc(C(=O)N2CCNCC2)ccc1OC. The Morgan fingerprint density at radius 2 is 2.05 bits per heavy atom. The van der Waals surface area contributed by atoms with E-state index in [1.54, 1.807) is 25.3 Å². The monoisotopic (exact) mass is 278 g/mol. The third-order valence-corrected chi connectivity index (χ3v) is 3.28. The molecule has 0 spiro atoms. The average molecular weight is 278 g/mol. The number of rotatable bonds is 5. The van der Waals surface area contributed by atoms with Gasteiger partial charge in [0.25, 0.3) is 5.91 Å². The topological polar surface area (TPSA) is 50.8 Å². The van der Waals surface area contributed by atoms with Crippen LogP contribution in [0.2, 0.25) is 0 Å². The van der Waals surface area contributed by atoms with Crippen LogP contribution in [0.5, 0.6) is 11.5 Å². The van der Waals surface area contributed by atoms with E-state index in [4.69, 9.17) is 9.47 Å². The van der Waals surface area contributed by atoms with Crippen LogP contribution in [-0.4, -0.2) is 50.7 Å². The Hall–Kier alpha value is -1.75. The van der Waals surface area contributed by atoms with E-state index in [0.29, 0.717) is 23.7 Å². The summed E-state index contributed by atoms with van der Waals surface area (Å²) in [5.74, 6) is 1.35. The van der Waals surface area contributed by atoms with Gasteiger partial charge in [0.05, 0.1) is 13.7 Å². The molecule has 1 aliphatic rings. The van der Waals surface area contributed by atoms with Gasteiger partial charge in [-0.05, 0) is 24.6 Å². The molecule has 1 aromatic rings. The van der Waals surface area contributed by atoms with Crippen LogP contribution in [0, 0.1) is 0 Å². The second kappa shape index (κ2) is 7.14. The van der Waals surface area contributed by atoms with E-state index in [9.17, 15) is 4.79 Å². The van der Waals surface area contributed by atoms with E-state index in [1.165, 1.54) is 0 Å². The van der Waals surface area contributed by atoms with Gasteiger partial charge in [-0.2, -0.15) is 0 Å². The number of methoxy groups -OCH3 is 1. The first-order chi connectivity index (χ1) is 9.76. The quantitative estimate of drug-likeness (QED) is 0.887. The van der Waals surface area contributed by atoms with Gasteiger partial charge in [0.1, 0.15) is 0 Å². The summed E-state index contributed by atoms with van der Waals surface area (Å²) in [7, 11) is 1.60. The van der Waals surface area contributed by atoms with Crippen molar-refractivity contribution in [2.24, 2.45) is 0 Å². The molecule has 0 bridgehead atoms. The zero-order chi connectivity index (χ0) is 14.4. The van der Waals surface area contributed by atoms with Gasteiger partial charge < -0.3 is 19.7 Å². The molecule has 0 aliphatic carbocycles. The molecule has 1 N–H and O–H groups in total. The number of hydrogen-bond acceptors (Lipinski definition) is 4. The first-order valence-electron chi connectivity index (χ1n) is 7.07. The molecule has 1 amide bonds. The van der Waals surface area contributed by atoms with Crippen molar-refractivity contribution < 1.29 is 14.3 Å². The van der Waals surface area contributed by atoms with Crippen LogP contribution < -0.4 is 14.8 Å². The van der Waals surface area contributed by atoms with Crippen LogP contribution in [-0.2, 0) is 0 Å². The molecule has 1 fully saturated rings. The molecule has 0 atom stereocenters. The van der Waals surface area contributed by atoms with Crippen molar-refractivity contribution in [1.29, 1.82) is 0 Å².